The van der Waals surface area contributed by atoms with Crippen LogP contribution in [0.2, 0.25) is 6.04 Å². The molecule has 0 aliphatic heterocycles. The fourth-order valence-corrected chi connectivity index (χ4v) is 4.92. The summed E-state index contributed by atoms with van der Waals surface area (Å²) in [5.74, 6) is 0. The predicted octanol–water partition coefficient (Wildman–Crippen LogP) is 4.81. The lowest BCUT2D eigenvalue weighted by Gasteiger charge is -2.28. The van der Waals surface area contributed by atoms with Crippen molar-refractivity contribution in [1.82, 2.24) is 0 Å². The highest BCUT2D eigenvalue weighted by molar-refractivity contribution is 6.59. The molecule has 1 rings (SSSR count). The van der Waals surface area contributed by atoms with Crippen LogP contribution in [0.15, 0.2) is 24.3 Å². The second-order valence-electron chi connectivity index (χ2n) is 6.45. The van der Waals surface area contributed by atoms with Gasteiger partial charge in [0.25, 0.3) is 0 Å². The van der Waals surface area contributed by atoms with E-state index in [-0.39, 0.29) is 12.2 Å². The average Bonchev–Trinajstić information content (AvgIpc) is 2.41. The van der Waals surface area contributed by atoms with Gasteiger partial charge in [0.1, 0.15) is 0 Å². The molecular formula is C17H27F3O3Si. The lowest BCUT2D eigenvalue weighted by molar-refractivity contribution is -0.137. The Hall–Kier alpha value is -0.893. The first-order valence-corrected chi connectivity index (χ1v) is 10.2. The summed E-state index contributed by atoms with van der Waals surface area (Å²) in [7, 11) is -3.23. The molecule has 1 aromatic carbocycles. The number of benzene rings is 1. The molecule has 0 aliphatic rings. The Morgan fingerprint density at radius 1 is 1.04 bits per heavy atom. The first-order valence-electron chi connectivity index (χ1n) is 8.26. The van der Waals surface area contributed by atoms with E-state index in [0.29, 0.717) is 30.9 Å². The van der Waals surface area contributed by atoms with Gasteiger partial charge in [0.05, 0.1) is 5.56 Å². The van der Waals surface area contributed by atoms with E-state index >= 15 is 0 Å². The smallest absolute Gasteiger partial charge is 0.390 e. The van der Waals surface area contributed by atoms with Crippen LogP contribution in [0, 0.1) is 0 Å². The van der Waals surface area contributed by atoms with Crippen molar-refractivity contribution in [2.75, 3.05) is 0 Å². The molecular weight excluding hydrogens is 337 g/mol. The Balaban J connectivity index is 2.54. The summed E-state index contributed by atoms with van der Waals surface area (Å²) in [6.07, 6.45) is -2.76. The van der Waals surface area contributed by atoms with Crippen molar-refractivity contribution in [3.63, 3.8) is 0 Å². The fraction of sp³-hybridized carbons (Fsp3) is 0.647. The van der Waals surface area contributed by atoms with Gasteiger partial charge in [0, 0.05) is 18.3 Å². The van der Waals surface area contributed by atoms with Crippen molar-refractivity contribution in [2.45, 2.75) is 71.4 Å². The zero-order valence-electron chi connectivity index (χ0n) is 14.7. The maximum absolute atomic E-state index is 12.7. The van der Waals surface area contributed by atoms with E-state index in [1.165, 1.54) is 12.1 Å². The molecule has 3 nitrogen and oxygen atoms in total. The van der Waals surface area contributed by atoms with Crippen LogP contribution in [0.1, 0.15) is 51.7 Å². The van der Waals surface area contributed by atoms with Gasteiger partial charge in [-0.2, -0.15) is 13.2 Å². The highest BCUT2D eigenvalue weighted by Gasteiger charge is 2.38. The van der Waals surface area contributed by atoms with Crippen molar-refractivity contribution in [2.24, 2.45) is 0 Å². The topological polar surface area (TPSA) is 38.7 Å². The van der Waals surface area contributed by atoms with Gasteiger partial charge in [-0.1, -0.05) is 18.2 Å². The zero-order chi connectivity index (χ0) is 18.4. The molecule has 0 fully saturated rings. The quantitative estimate of drug-likeness (QED) is 0.505. The maximum atomic E-state index is 12.7. The van der Waals surface area contributed by atoms with Crippen molar-refractivity contribution >= 4 is 8.80 Å². The molecule has 138 valence electrons. The summed E-state index contributed by atoms with van der Waals surface area (Å²) in [6.45, 7) is 7.35. The van der Waals surface area contributed by atoms with Crippen molar-refractivity contribution in [3.05, 3.63) is 35.4 Å². The molecule has 0 radical (unpaired) electrons. The molecule has 0 aliphatic carbocycles. The van der Waals surface area contributed by atoms with E-state index in [1.54, 1.807) is 6.07 Å². The molecule has 0 unspecified atom stereocenters. The Labute approximate surface area is 143 Å². The van der Waals surface area contributed by atoms with Gasteiger partial charge < -0.3 is 13.6 Å². The first-order chi connectivity index (χ1) is 11.0. The average molecular weight is 364 g/mol. The Bertz CT molecular complexity index is 494. The minimum atomic E-state index is -4.32. The number of alkyl halides is 3. The molecule has 0 amide bonds. The maximum Gasteiger partial charge on any atom is 0.498 e. The van der Waals surface area contributed by atoms with Gasteiger partial charge in [0.15, 0.2) is 0 Å². The standard InChI is InChI=1S/C17H27F3O3Si/c1-13(2)22-24(21,23-14(3)4)11-6-5-8-15-9-7-10-16(12-15)17(18,19)20/h7,9-10,12-14,21H,5-6,8,11H2,1-4H3. The van der Waals surface area contributed by atoms with E-state index in [9.17, 15) is 18.0 Å². The first kappa shape index (κ1) is 21.2. The van der Waals surface area contributed by atoms with Crippen LogP contribution in [-0.2, 0) is 21.4 Å². The highest BCUT2D eigenvalue weighted by atomic mass is 28.4. The number of unbranched alkanes of at least 4 members (excludes halogenated alkanes) is 1. The minimum Gasteiger partial charge on any atom is -0.390 e. The summed E-state index contributed by atoms with van der Waals surface area (Å²) < 4.78 is 49.3. The van der Waals surface area contributed by atoms with E-state index < -0.39 is 20.5 Å². The number of hydrogen-bond donors (Lipinski definition) is 1. The third kappa shape index (κ3) is 7.79. The third-order valence-corrected chi connectivity index (χ3v) is 5.97. The van der Waals surface area contributed by atoms with Crippen LogP contribution in [0.25, 0.3) is 0 Å². The van der Waals surface area contributed by atoms with E-state index in [4.69, 9.17) is 8.85 Å². The van der Waals surface area contributed by atoms with Crippen LogP contribution in [0.3, 0.4) is 0 Å². The number of hydrogen-bond acceptors (Lipinski definition) is 3. The van der Waals surface area contributed by atoms with E-state index in [1.807, 2.05) is 27.7 Å². The second kappa shape index (κ2) is 8.99. The number of aryl methyl sites for hydroxylation is 1. The second-order valence-corrected chi connectivity index (χ2v) is 8.85. The summed E-state index contributed by atoms with van der Waals surface area (Å²) in [6, 6.07) is 5.77. The van der Waals surface area contributed by atoms with Crippen LogP contribution < -0.4 is 0 Å². The Morgan fingerprint density at radius 3 is 2.12 bits per heavy atom. The molecule has 1 aromatic rings. The summed E-state index contributed by atoms with van der Waals surface area (Å²) in [5.41, 5.74) is 0.0155. The van der Waals surface area contributed by atoms with E-state index in [0.717, 1.165) is 6.07 Å². The largest absolute Gasteiger partial charge is 0.498 e. The highest BCUT2D eigenvalue weighted by Crippen LogP contribution is 2.30. The minimum absolute atomic E-state index is 0.135. The van der Waals surface area contributed by atoms with Crippen molar-refractivity contribution in [3.8, 4) is 0 Å². The van der Waals surface area contributed by atoms with Crippen LogP contribution in [-0.4, -0.2) is 25.8 Å². The molecule has 0 saturated heterocycles. The molecule has 0 bridgehead atoms. The Kier molecular flexibility index (Phi) is 7.92. The zero-order valence-corrected chi connectivity index (χ0v) is 15.7. The third-order valence-electron chi connectivity index (χ3n) is 3.30. The van der Waals surface area contributed by atoms with Gasteiger partial charge in [-0.3, -0.25) is 0 Å². The van der Waals surface area contributed by atoms with Crippen LogP contribution in [0.4, 0.5) is 13.2 Å². The SMILES string of the molecule is CC(C)O[Si](O)(CCCCc1cccc(C(F)(F)F)c1)OC(C)C. The van der Waals surface area contributed by atoms with Gasteiger partial charge >= 0.3 is 15.0 Å². The summed E-state index contributed by atoms with van der Waals surface area (Å²) in [5, 5.41) is 0. The van der Waals surface area contributed by atoms with E-state index in [2.05, 4.69) is 0 Å². The van der Waals surface area contributed by atoms with Crippen LogP contribution >= 0.6 is 0 Å². The fourth-order valence-electron chi connectivity index (χ4n) is 2.46. The van der Waals surface area contributed by atoms with Gasteiger partial charge in [-0.15, -0.1) is 0 Å². The predicted molar refractivity (Wildman–Crippen MR) is 89.6 cm³/mol. The van der Waals surface area contributed by atoms with Crippen molar-refractivity contribution in [1.29, 1.82) is 0 Å². The van der Waals surface area contributed by atoms with Gasteiger partial charge in [-0.25, -0.2) is 0 Å². The van der Waals surface area contributed by atoms with Crippen molar-refractivity contribution < 1.29 is 26.8 Å². The van der Waals surface area contributed by atoms with Crippen LogP contribution in [0.5, 0.6) is 0 Å². The molecule has 0 aromatic heterocycles. The molecule has 1 N–H and O–H groups in total. The van der Waals surface area contributed by atoms with Gasteiger partial charge in [-0.05, 0) is 58.6 Å². The molecule has 0 spiro atoms. The molecule has 0 saturated carbocycles. The lowest BCUT2D eigenvalue weighted by Crippen LogP contribution is -2.46. The molecule has 24 heavy (non-hydrogen) atoms. The summed E-state index contributed by atoms with van der Waals surface area (Å²) >= 11 is 0. The van der Waals surface area contributed by atoms with Gasteiger partial charge in [0.2, 0.25) is 0 Å². The number of halogens is 3. The summed E-state index contributed by atoms with van der Waals surface area (Å²) in [4.78, 5) is 10.5. The molecule has 0 heterocycles. The normalized spacial score (nSPS) is 13.1. The monoisotopic (exact) mass is 364 g/mol. The molecule has 7 heteroatoms. The Morgan fingerprint density at radius 2 is 1.62 bits per heavy atom. The lowest BCUT2D eigenvalue weighted by atomic mass is 10.1. The molecule has 0 atom stereocenters. The number of rotatable bonds is 9.